The number of esters is 3. The van der Waals surface area contributed by atoms with Crippen LogP contribution in [0.25, 0.3) is 0 Å². The van der Waals surface area contributed by atoms with E-state index in [4.69, 9.17) is 14.2 Å². The average Bonchev–Trinajstić information content (AvgIpc) is 3.35. The van der Waals surface area contributed by atoms with Crippen LogP contribution >= 0.6 is 0 Å². The van der Waals surface area contributed by atoms with Gasteiger partial charge in [-0.05, 0) is 83.5 Å². The molecule has 6 nitrogen and oxygen atoms in total. The molecule has 0 heterocycles. The predicted molar refractivity (Wildman–Crippen MR) is 298 cm³/mol. The van der Waals surface area contributed by atoms with Gasteiger partial charge >= 0.3 is 17.9 Å². The molecule has 6 heteroatoms. The number of hydrogen-bond acceptors (Lipinski definition) is 6. The summed E-state index contributed by atoms with van der Waals surface area (Å²) in [4.78, 5) is 38.2. The van der Waals surface area contributed by atoms with Crippen molar-refractivity contribution in [2.75, 3.05) is 13.2 Å². The molecular formula is C63H112O6. The van der Waals surface area contributed by atoms with Crippen LogP contribution in [0.2, 0.25) is 0 Å². The number of unbranched alkanes of at least 4 members (excludes halogenated alkanes) is 33. The Morgan fingerprint density at radius 3 is 0.913 bits per heavy atom. The Bertz CT molecular complexity index is 1250. The van der Waals surface area contributed by atoms with E-state index >= 15 is 0 Å². The van der Waals surface area contributed by atoms with E-state index in [1.807, 2.05) is 0 Å². The van der Waals surface area contributed by atoms with Gasteiger partial charge in [0.2, 0.25) is 0 Å². The Morgan fingerprint density at radius 1 is 0.290 bits per heavy atom. The fourth-order valence-corrected chi connectivity index (χ4v) is 8.49. The zero-order chi connectivity index (χ0) is 50.0. The molecule has 0 unspecified atom stereocenters. The van der Waals surface area contributed by atoms with Crippen molar-refractivity contribution < 1.29 is 28.6 Å². The molecule has 0 radical (unpaired) electrons. The van der Waals surface area contributed by atoms with Crippen molar-refractivity contribution in [3.63, 3.8) is 0 Å². The summed E-state index contributed by atoms with van der Waals surface area (Å²) in [6.45, 7) is 6.59. The molecule has 0 saturated carbocycles. The van der Waals surface area contributed by atoms with E-state index in [-0.39, 0.29) is 37.5 Å². The van der Waals surface area contributed by atoms with E-state index in [0.29, 0.717) is 19.3 Å². The predicted octanol–water partition coefficient (Wildman–Crippen LogP) is 20.0. The zero-order valence-corrected chi connectivity index (χ0v) is 45.8. The maximum absolute atomic E-state index is 12.9. The summed E-state index contributed by atoms with van der Waals surface area (Å²) in [6.07, 6.45) is 72.2. The second-order valence-electron chi connectivity index (χ2n) is 19.9. The Hall–Kier alpha value is -2.89. The maximum Gasteiger partial charge on any atom is 0.306 e. The standard InChI is InChI=1S/C63H112O6/c1-4-7-10-13-16-19-22-25-28-31-34-37-40-43-46-49-52-55-61(64)67-58-60(69-63(66)57-54-51-48-45-42-39-36-33-30-27-24-21-18-15-12-9-6-3)59-68-62(65)56-53-50-47-44-41-38-35-32-29-26-23-20-17-14-11-8-5-2/h16,19,25,27-28,30,34,37,43,46,60H,4-15,17-18,20-24,26,29,31-33,35-36,38-42,44-45,47-59H2,1-3H3/t60-/m0/s1. The summed E-state index contributed by atoms with van der Waals surface area (Å²) in [5.74, 6) is -0.939. The first-order chi connectivity index (χ1) is 34.0. The summed E-state index contributed by atoms with van der Waals surface area (Å²) in [7, 11) is 0. The van der Waals surface area contributed by atoms with E-state index in [1.54, 1.807) is 0 Å². The molecule has 400 valence electrons. The van der Waals surface area contributed by atoms with Gasteiger partial charge in [0.15, 0.2) is 6.10 Å². The van der Waals surface area contributed by atoms with Crippen molar-refractivity contribution in [2.24, 2.45) is 0 Å². The fourth-order valence-electron chi connectivity index (χ4n) is 8.49. The summed E-state index contributed by atoms with van der Waals surface area (Å²) in [5.41, 5.74) is 0. The molecular weight excluding hydrogens is 853 g/mol. The van der Waals surface area contributed by atoms with Crippen molar-refractivity contribution in [1.29, 1.82) is 0 Å². The Kier molecular flexibility index (Phi) is 55.3. The highest BCUT2D eigenvalue weighted by Gasteiger charge is 2.19. The first-order valence-corrected chi connectivity index (χ1v) is 29.8. The molecule has 0 fully saturated rings. The van der Waals surface area contributed by atoms with Crippen LogP contribution in [-0.2, 0) is 28.6 Å². The number of carbonyl (C=O) groups excluding carboxylic acids is 3. The highest BCUT2D eigenvalue weighted by molar-refractivity contribution is 5.71. The summed E-state index contributed by atoms with van der Waals surface area (Å²) in [6, 6.07) is 0. The van der Waals surface area contributed by atoms with E-state index in [0.717, 1.165) is 64.2 Å². The lowest BCUT2D eigenvalue weighted by molar-refractivity contribution is -0.167. The van der Waals surface area contributed by atoms with E-state index < -0.39 is 6.10 Å². The quantitative estimate of drug-likeness (QED) is 0.0262. The van der Waals surface area contributed by atoms with Gasteiger partial charge in [-0.25, -0.2) is 0 Å². The molecule has 0 saturated heterocycles. The molecule has 0 N–H and O–H groups in total. The Morgan fingerprint density at radius 2 is 0.536 bits per heavy atom. The van der Waals surface area contributed by atoms with Crippen LogP contribution in [0.4, 0.5) is 0 Å². The van der Waals surface area contributed by atoms with E-state index in [1.165, 1.54) is 193 Å². The lowest BCUT2D eigenvalue weighted by Crippen LogP contribution is -2.30. The average molecular weight is 966 g/mol. The number of carbonyl (C=O) groups is 3. The molecule has 0 aromatic carbocycles. The van der Waals surface area contributed by atoms with Gasteiger partial charge in [-0.3, -0.25) is 14.4 Å². The number of ether oxygens (including phenoxy) is 3. The van der Waals surface area contributed by atoms with E-state index in [9.17, 15) is 14.4 Å². The number of allylic oxidation sites excluding steroid dienone is 10. The van der Waals surface area contributed by atoms with Crippen molar-refractivity contribution in [3.05, 3.63) is 60.8 Å². The second-order valence-corrected chi connectivity index (χ2v) is 19.9. The van der Waals surface area contributed by atoms with Crippen LogP contribution in [0.1, 0.15) is 303 Å². The minimum absolute atomic E-state index is 0.0900. The van der Waals surface area contributed by atoms with Crippen LogP contribution in [0, 0.1) is 0 Å². The molecule has 0 aromatic rings. The lowest BCUT2D eigenvalue weighted by Gasteiger charge is -2.18. The van der Waals surface area contributed by atoms with Crippen LogP contribution in [-0.4, -0.2) is 37.2 Å². The van der Waals surface area contributed by atoms with Crippen molar-refractivity contribution in [2.45, 2.75) is 309 Å². The van der Waals surface area contributed by atoms with Crippen molar-refractivity contribution >= 4 is 17.9 Å². The first kappa shape index (κ1) is 66.1. The van der Waals surface area contributed by atoms with Crippen molar-refractivity contribution in [1.82, 2.24) is 0 Å². The molecule has 0 rings (SSSR count). The highest BCUT2D eigenvalue weighted by atomic mass is 16.6. The molecule has 1 atom stereocenters. The molecule has 0 bridgehead atoms. The van der Waals surface area contributed by atoms with Gasteiger partial charge in [0, 0.05) is 19.3 Å². The SMILES string of the molecule is CCCCCC=CCC=CCC=CCC=CCCCC(=O)OC[C@@H](COC(=O)CCCCCCCCCCCCCCCCCCC)OC(=O)CCCCCCCCCC=CCCCCCCCC. The van der Waals surface area contributed by atoms with Crippen molar-refractivity contribution in [3.8, 4) is 0 Å². The van der Waals surface area contributed by atoms with Gasteiger partial charge in [-0.1, -0.05) is 261 Å². The van der Waals surface area contributed by atoms with Gasteiger partial charge in [-0.2, -0.15) is 0 Å². The van der Waals surface area contributed by atoms with Gasteiger partial charge in [-0.15, -0.1) is 0 Å². The minimum Gasteiger partial charge on any atom is -0.462 e. The van der Waals surface area contributed by atoms with Gasteiger partial charge in [0.1, 0.15) is 13.2 Å². The van der Waals surface area contributed by atoms with Crippen LogP contribution in [0.3, 0.4) is 0 Å². The molecule has 0 aromatic heterocycles. The topological polar surface area (TPSA) is 78.9 Å². The summed E-state index contributed by atoms with van der Waals surface area (Å²) < 4.78 is 16.8. The Labute approximate surface area is 428 Å². The third kappa shape index (κ3) is 55.9. The summed E-state index contributed by atoms with van der Waals surface area (Å²) >= 11 is 0. The third-order valence-electron chi connectivity index (χ3n) is 13.0. The van der Waals surface area contributed by atoms with Crippen LogP contribution in [0.5, 0.6) is 0 Å². The largest absolute Gasteiger partial charge is 0.462 e. The monoisotopic (exact) mass is 965 g/mol. The number of hydrogen-bond donors (Lipinski definition) is 0. The second kappa shape index (κ2) is 57.7. The molecule has 0 aliphatic carbocycles. The lowest BCUT2D eigenvalue weighted by atomic mass is 10.0. The van der Waals surface area contributed by atoms with Gasteiger partial charge < -0.3 is 14.2 Å². The normalized spacial score (nSPS) is 12.4. The molecule has 0 amide bonds. The van der Waals surface area contributed by atoms with E-state index in [2.05, 4.69) is 81.5 Å². The molecule has 0 aliphatic rings. The number of rotatable bonds is 54. The molecule has 69 heavy (non-hydrogen) atoms. The third-order valence-corrected chi connectivity index (χ3v) is 13.0. The molecule has 0 aliphatic heterocycles. The highest BCUT2D eigenvalue weighted by Crippen LogP contribution is 2.16. The Balaban J connectivity index is 4.44. The minimum atomic E-state index is -0.797. The maximum atomic E-state index is 12.9. The van der Waals surface area contributed by atoms with Gasteiger partial charge in [0.05, 0.1) is 0 Å². The fraction of sp³-hybridized carbons (Fsp3) is 0.794. The zero-order valence-electron chi connectivity index (χ0n) is 45.8. The smallest absolute Gasteiger partial charge is 0.306 e. The van der Waals surface area contributed by atoms with Gasteiger partial charge in [0.25, 0.3) is 0 Å². The molecule has 0 spiro atoms. The van der Waals surface area contributed by atoms with Crippen LogP contribution in [0.15, 0.2) is 60.8 Å². The first-order valence-electron chi connectivity index (χ1n) is 29.8. The van der Waals surface area contributed by atoms with Crippen LogP contribution < -0.4 is 0 Å². The summed E-state index contributed by atoms with van der Waals surface area (Å²) in [5, 5.41) is 0.